The molecule has 120 heavy (non-hydrogen) atoms. The van der Waals surface area contributed by atoms with E-state index in [-0.39, 0.29) is 84.8 Å². The van der Waals surface area contributed by atoms with Crippen LogP contribution in [-0.4, -0.2) is 218 Å². The van der Waals surface area contributed by atoms with Crippen LogP contribution < -0.4 is 45.3 Å². The number of nitrogens with one attached hydrogen (secondary N) is 3. The van der Waals surface area contributed by atoms with Gasteiger partial charge in [0.1, 0.15) is 64.7 Å². The van der Waals surface area contributed by atoms with Gasteiger partial charge in [0, 0.05) is 128 Å². The number of imide groups is 4. The van der Waals surface area contributed by atoms with Gasteiger partial charge < -0.3 is 39.5 Å². The highest BCUT2D eigenvalue weighted by molar-refractivity contribution is 6.25. The largest absolute Gasteiger partial charge is 0.371 e. The number of carbonyl (C=O) groups excluding carboxylic acids is 9. The molecule has 29 nitrogen and oxygen atoms in total. The van der Waals surface area contributed by atoms with Gasteiger partial charge in [-0.1, -0.05) is 36.4 Å². The molecule has 16 heterocycles. The molecular formula is C88H91ClF2N20O9. The highest BCUT2D eigenvalue weighted by Gasteiger charge is 2.47. The summed E-state index contributed by atoms with van der Waals surface area (Å²) in [5, 5.41) is 17.8. The molecule has 20 rings (SSSR count). The fourth-order valence-corrected chi connectivity index (χ4v) is 18.5. The van der Waals surface area contributed by atoms with Crippen LogP contribution >= 0.6 is 12.4 Å². The fraction of sp³-hybridized carbons (Fsp3) is 0.375. The molecule has 8 amide bonds. The molecule has 10 aliphatic rings. The van der Waals surface area contributed by atoms with E-state index in [0.29, 0.717) is 30.1 Å². The van der Waals surface area contributed by atoms with Crippen molar-refractivity contribution in [3.05, 3.63) is 203 Å². The lowest BCUT2D eigenvalue weighted by molar-refractivity contribution is -0.137. The predicted molar refractivity (Wildman–Crippen MR) is 447 cm³/mol. The molecule has 32 heteroatoms. The van der Waals surface area contributed by atoms with Crippen LogP contribution in [0.15, 0.2) is 158 Å². The Morgan fingerprint density at radius 1 is 0.417 bits per heavy atom. The fourth-order valence-electron chi connectivity index (χ4n) is 18.5. The lowest BCUT2D eigenvalue weighted by Crippen LogP contribution is -2.54. The third-order valence-electron chi connectivity index (χ3n) is 24.8. The Bertz CT molecular complexity index is 5640. The second kappa shape index (κ2) is 34.5. The summed E-state index contributed by atoms with van der Waals surface area (Å²) >= 11 is 0. The summed E-state index contributed by atoms with van der Waals surface area (Å²) in [5.41, 5.74) is 9.73. The number of benzene rings is 4. The number of halogens is 3. The van der Waals surface area contributed by atoms with Crippen molar-refractivity contribution >= 4 is 112 Å². The molecule has 0 radical (unpaired) electrons. The van der Waals surface area contributed by atoms with E-state index in [0.717, 1.165) is 232 Å². The molecular weight excluding hydrogens is 1550 g/mol. The summed E-state index contributed by atoms with van der Waals surface area (Å²) in [7, 11) is 0. The van der Waals surface area contributed by atoms with Crippen molar-refractivity contribution in [3.8, 4) is 22.8 Å². The quantitative estimate of drug-likeness (QED) is 0.0635. The second-order valence-corrected chi connectivity index (χ2v) is 32.1. The van der Waals surface area contributed by atoms with Crippen LogP contribution in [0.25, 0.3) is 34.1 Å². The van der Waals surface area contributed by atoms with Gasteiger partial charge in [0.2, 0.25) is 23.6 Å². The van der Waals surface area contributed by atoms with Crippen LogP contribution in [0.1, 0.15) is 142 Å². The van der Waals surface area contributed by atoms with Gasteiger partial charge in [0.25, 0.3) is 23.6 Å². The van der Waals surface area contributed by atoms with Crippen LogP contribution in [0.5, 0.6) is 0 Å². The van der Waals surface area contributed by atoms with Crippen molar-refractivity contribution < 1.29 is 51.9 Å². The van der Waals surface area contributed by atoms with E-state index >= 15 is 0 Å². The third-order valence-corrected chi connectivity index (χ3v) is 24.8. The molecule has 0 aliphatic carbocycles. The van der Waals surface area contributed by atoms with Crippen molar-refractivity contribution in [1.29, 1.82) is 0 Å². The van der Waals surface area contributed by atoms with Crippen molar-refractivity contribution in [2.24, 2.45) is 11.8 Å². The zero-order valence-corrected chi connectivity index (χ0v) is 66.9. The molecule has 10 aliphatic heterocycles. The number of hydrogen-bond donors (Lipinski definition) is 3. The summed E-state index contributed by atoms with van der Waals surface area (Å²) in [6.07, 6.45) is 12.7. The van der Waals surface area contributed by atoms with Gasteiger partial charge >= 0.3 is 0 Å². The van der Waals surface area contributed by atoms with E-state index in [9.17, 15) is 51.9 Å². The van der Waals surface area contributed by atoms with E-state index in [1.54, 1.807) is 54.6 Å². The van der Waals surface area contributed by atoms with E-state index in [2.05, 4.69) is 72.4 Å². The number of fused-ring (bicyclic) bond motifs is 4. The van der Waals surface area contributed by atoms with Crippen LogP contribution in [0.3, 0.4) is 0 Å². The van der Waals surface area contributed by atoms with Crippen molar-refractivity contribution in [2.45, 2.75) is 101 Å². The Morgan fingerprint density at radius 2 is 0.867 bits per heavy atom. The number of piperidine rings is 4. The lowest BCUT2D eigenvalue weighted by atomic mass is 9.95. The van der Waals surface area contributed by atoms with Gasteiger partial charge in [-0.25, -0.2) is 37.7 Å². The minimum absolute atomic E-state index is 0. The van der Waals surface area contributed by atoms with Crippen molar-refractivity contribution in [3.63, 3.8) is 0 Å². The van der Waals surface area contributed by atoms with Crippen LogP contribution in [0.4, 0.5) is 43.4 Å². The molecule has 3 N–H and O–H groups in total. The van der Waals surface area contributed by atoms with Crippen molar-refractivity contribution in [2.75, 3.05) is 128 Å². The van der Waals surface area contributed by atoms with Crippen LogP contribution in [-0.2, 0) is 24.0 Å². The minimum atomic E-state index is -0.970. The van der Waals surface area contributed by atoms with Gasteiger partial charge in [0.05, 0.1) is 58.1 Å². The van der Waals surface area contributed by atoms with Gasteiger partial charge in [0.15, 0.2) is 11.3 Å². The number of carbonyl (C=O) groups is 9. The number of imidazole rings is 2. The Balaban J connectivity index is 0.000000142. The van der Waals surface area contributed by atoms with E-state index in [1.807, 2.05) is 88.2 Å². The first-order chi connectivity index (χ1) is 58.0. The zero-order chi connectivity index (χ0) is 81.5. The Hall–Kier alpha value is -12.5. The third kappa shape index (κ3) is 16.1. The molecule has 0 spiro atoms. The molecule has 8 fully saturated rings. The number of aldehydes is 1. The van der Waals surface area contributed by atoms with Gasteiger partial charge in [-0.15, -0.1) is 22.6 Å². The molecule has 4 atom stereocenters. The summed E-state index contributed by atoms with van der Waals surface area (Å²) in [4.78, 5) is 148. The number of rotatable bonds is 15. The number of aromatic nitrogens is 8. The normalized spacial score (nSPS) is 21.2. The minimum Gasteiger partial charge on any atom is -0.371 e. The number of piperazine rings is 2. The molecule has 2 unspecified atom stereocenters. The molecule has 0 bridgehead atoms. The first kappa shape index (κ1) is 80.0. The SMILES string of the molecule is Cl.Fc1cccc([C@H]2CCCN2c2ccc3ncc(-c4cccc(N5CCNCC5)n4)n3n2)c1.O=C1CCC(N2C(=O)c3ccc(N4CCC(CN5CCN(c6cccc(-c7cnc8ccc(N9CCC[C@@H]9c9cccc(F)c9)nn78)n6)CC5)CC4)cc3C2=O)C(=O)N1.O=CC1CCN(c2ccc3c(c2)C(=O)N(C2CCC(=O)NC2=O)C3=O)CC1. The van der Waals surface area contributed by atoms with Crippen molar-refractivity contribution in [1.82, 2.24) is 69.8 Å². The predicted octanol–water partition coefficient (Wildman–Crippen LogP) is 9.32. The monoisotopic (exact) mass is 1640 g/mol. The molecule has 10 aromatic rings. The maximum Gasteiger partial charge on any atom is 0.262 e. The highest BCUT2D eigenvalue weighted by Crippen LogP contribution is 2.40. The zero-order valence-electron chi connectivity index (χ0n) is 66.1. The van der Waals surface area contributed by atoms with E-state index < -0.39 is 53.4 Å². The summed E-state index contributed by atoms with van der Waals surface area (Å²) < 4.78 is 31.7. The lowest BCUT2D eigenvalue weighted by Gasteiger charge is -2.39. The second-order valence-electron chi connectivity index (χ2n) is 32.1. The van der Waals surface area contributed by atoms with E-state index in [1.165, 1.54) is 12.1 Å². The maximum atomic E-state index is 14.1. The summed E-state index contributed by atoms with van der Waals surface area (Å²) in [6, 6.07) is 42.7. The molecule has 0 saturated carbocycles. The van der Waals surface area contributed by atoms with Crippen LogP contribution in [0.2, 0.25) is 0 Å². The molecule has 4 aromatic carbocycles. The van der Waals surface area contributed by atoms with Gasteiger partial charge in [-0.3, -0.25) is 63.7 Å². The standard InChI is InChI=1S/C44H45FN10O4.C25H26FN7.C19H19N3O5.ClH/c45-30-5-1-4-29(24-30)35-7-3-17-53(35)40-13-12-38-46-26-37(55(38)49-40)34-6-2-8-39(47-34)52-22-20-50(21-23-52)27-28-15-18-51(19-16-28)31-9-10-32-33(25-31)44(59)54(43(32)58)36-11-14-41(56)48-42(36)57;26-19-5-1-4-18(16-19)21-7-3-13-32(21)25-10-9-23-28-17-22(33(23)30-25)20-6-2-8-24(29-20)31-14-11-27-12-15-31;23-10-11-5-7-21(8-6-11)12-1-2-13-14(9-12)19(27)22(18(13)26)15-3-4-16(24)20-17(15)25;/h1-2,4-6,8-10,12-13,24-26,28,35-36H,3,7,11,14-23,27H2,(H,48,56,57);1-2,4-6,8-10,16-17,21,27H,3,7,11-15H2;1-2,9-11,15H,3-8H2,(H,20,24,25);1H/t35-,36?;21-;;/m11../s1. The molecule has 6 aromatic heterocycles. The van der Waals surface area contributed by atoms with Gasteiger partial charge in [-0.2, -0.15) is 0 Å². The Labute approximate surface area is 696 Å². The van der Waals surface area contributed by atoms with Gasteiger partial charge in [-0.05, 0) is 190 Å². The summed E-state index contributed by atoms with van der Waals surface area (Å²) in [5.74, 6) is -0.159. The highest BCUT2D eigenvalue weighted by atomic mass is 35.5. The number of nitrogens with zero attached hydrogens (tertiary/aromatic N) is 17. The first-order valence-corrected chi connectivity index (χ1v) is 41.3. The maximum absolute atomic E-state index is 14.1. The smallest absolute Gasteiger partial charge is 0.262 e. The Kier molecular flexibility index (Phi) is 23.0. The topological polar surface area (TPSA) is 305 Å². The number of anilines is 6. The molecule has 618 valence electrons. The van der Waals surface area contributed by atoms with Crippen LogP contribution in [0, 0.1) is 23.5 Å². The average Bonchev–Trinajstić information content (AvgIpc) is 1.61. The first-order valence-electron chi connectivity index (χ1n) is 41.3. The average molecular weight is 1650 g/mol. The molecule has 8 saturated heterocycles. The Morgan fingerprint density at radius 3 is 1.32 bits per heavy atom. The number of pyridine rings is 2. The summed E-state index contributed by atoms with van der Waals surface area (Å²) in [6.45, 7) is 13.4. The number of amides is 8. The number of hydrogen-bond acceptors (Lipinski definition) is 23. The van der Waals surface area contributed by atoms with E-state index in [4.69, 9.17) is 20.2 Å².